The molecule has 0 radical (unpaired) electrons. The molecule has 0 atom stereocenters. The topological polar surface area (TPSA) is 52.2 Å². The van der Waals surface area contributed by atoms with E-state index in [1.807, 2.05) is 23.5 Å². The number of rotatable bonds is 5. The Bertz CT molecular complexity index is 573. The first-order valence-electron chi connectivity index (χ1n) is 7.69. The van der Waals surface area contributed by atoms with E-state index >= 15 is 0 Å². The van der Waals surface area contributed by atoms with Crippen LogP contribution in [0.4, 0.5) is 0 Å². The highest BCUT2D eigenvalue weighted by Gasteiger charge is 2.23. The van der Waals surface area contributed by atoms with Crippen molar-refractivity contribution in [2.75, 3.05) is 26.7 Å². The number of aromatic amines is 1. The van der Waals surface area contributed by atoms with Crippen LogP contribution >= 0.6 is 11.3 Å². The van der Waals surface area contributed by atoms with Gasteiger partial charge in [-0.05, 0) is 54.4 Å². The number of carbonyl (C=O) groups is 1. The van der Waals surface area contributed by atoms with E-state index in [1.54, 1.807) is 11.3 Å². The Kier molecular flexibility index (Phi) is 4.90. The number of carbonyl (C=O) groups excluding carboxylic acids is 1. The molecule has 0 saturated carbocycles. The molecule has 2 aromatic heterocycles. The summed E-state index contributed by atoms with van der Waals surface area (Å²) in [5.41, 5.74) is 2.43. The zero-order valence-corrected chi connectivity index (χ0v) is 13.7. The van der Waals surface area contributed by atoms with E-state index in [2.05, 4.69) is 32.6 Å². The zero-order chi connectivity index (χ0) is 15.4. The van der Waals surface area contributed by atoms with Crippen molar-refractivity contribution in [3.63, 3.8) is 0 Å². The van der Waals surface area contributed by atoms with Crippen LogP contribution in [-0.2, 0) is 11.3 Å². The third-order valence-electron chi connectivity index (χ3n) is 4.33. The van der Waals surface area contributed by atoms with Crippen LogP contribution in [-0.4, -0.2) is 52.6 Å². The van der Waals surface area contributed by atoms with Gasteiger partial charge in [0.25, 0.3) is 0 Å². The summed E-state index contributed by atoms with van der Waals surface area (Å²) in [5, 5.41) is 11.2. The molecule has 1 saturated heterocycles. The number of hydrogen-bond donors (Lipinski definition) is 1. The van der Waals surface area contributed by atoms with Crippen molar-refractivity contribution in [3.8, 4) is 0 Å². The number of nitrogens with zero attached hydrogens (tertiary/aromatic N) is 3. The summed E-state index contributed by atoms with van der Waals surface area (Å²) in [7, 11) is 1.89. The minimum absolute atomic E-state index is 0.200. The Labute approximate surface area is 134 Å². The molecule has 6 heteroatoms. The molecule has 22 heavy (non-hydrogen) atoms. The minimum Gasteiger partial charge on any atom is -0.340 e. The van der Waals surface area contributed by atoms with Gasteiger partial charge in [0, 0.05) is 31.4 Å². The van der Waals surface area contributed by atoms with E-state index in [9.17, 15) is 4.79 Å². The molecule has 0 spiro atoms. The van der Waals surface area contributed by atoms with Gasteiger partial charge in [-0.1, -0.05) is 0 Å². The standard InChI is InChI=1S/C16H22N4OS/c1-19(10-13-5-9-22-12-13)16(21)11-20-7-3-14(4-8-20)15-2-6-17-18-15/h2,5-6,9,12,14H,3-4,7-8,10-11H2,1H3,(H,17,18). The van der Waals surface area contributed by atoms with Crippen molar-refractivity contribution in [1.82, 2.24) is 20.0 Å². The number of aromatic nitrogens is 2. The second-order valence-electron chi connectivity index (χ2n) is 5.94. The van der Waals surface area contributed by atoms with Gasteiger partial charge in [0.05, 0.1) is 6.54 Å². The summed E-state index contributed by atoms with van der Waals surface area (Å²) in [6.07, 6.45) is 3.98. The van der Waals surface area contributed by atoms with Gasteiger partial charge < -0.3 is 4.90 Å². The highest BCUT2D eigenvalue weighted by molar-refractivity contribution is 7.07. The first kappa shape index (κ1) is 15.2. The molecule has 5 nitrogen and oxygen atoms in total. The number of hydrogen-bond acceptors (Lipinski definition) is 4. The summed E-state index contributed by atoms with van der Waals surface area (Å²) in [6, 6.07) is 4.13. The number of likely N-dealkylation sites (tertiary alicyclic amines) is 1. The van der Waals surface area contributed by atoms with E-state index in [0.29, 0.717) is 19.0 Å². The lowest BCUT2D eigenvalue weighted by molar-refractivity contribution is -0.131. The van der Waals surface area contributed by atoms with E-state index in [4.69, 9.17) is 0 Å². The Morgan fingerprint density at radius 1 is 1.45 bits per heavy atom. The van der Waals surface area contributed by atoms with Crippen molar-refractivity contribution in [1.29, 1.82) is 0 Å². The van der Waals surface area contributed by atoms with E-state index in [0.717, 1.165) is 25.9 Å². The summed E-state index contributed by atoms with van der Waals surface area (Å²) in [6.45, 7) is 3.17. The van der Waals surface area contributed by atoms with Gasteiger partial charge >= 0.3 is 0 Å². The fourth-order valence-corrected chi connectivity index (χ4v) is 3.61. The Morgan fingerprint density at radius 2 is 2.27 bits per heavy atom. The largest absolute Gasteiger partial charge is 0.340 e. The highest BCUT2D eigenvalue weighted by Crippen LogP contribution is 2.26. The Morgan fingerprint density at radius 3 is 2.91 bits per heavy atom. The zero-order valence-electron chi connectivity index (χ0n) is 12.9. The molecule has 3 heterocycles. The fourth-order valence-electron chi connectivity index (χ4n) is 2.95. The molecule has 1 amide bonds. The SMILES string of the molecule is CN(Cc1ccsc1)C(=O)CN1CCC(c2ccn[nH]2)CC1. The maximum Gasteiger partial charge on any atom is 0.236 e. The van der Waals surface area contributed by atoms with Crippen molar-refractivity contribution < 1.29 is 4.79 Å². The van der Waals surface area contributed by atoms with Gasteiger partial charge in [-0.2, -0.15) is 16.4 Å². The van der Waals surface area contributed by atoms with Crippen LogP contribution in [0.1, 0.15) is 30.0 Å². The molecular formula is C16H22N4OS. The fraction of sp³-hybridized carbons (Fsp3) is 0.500. The minimum atomic E-state index is 0.200. The molecule has 118 valence electrons. The Balaban J connectivity index is 1.45. The van der Waals surface area contributed by atoms with Gasteiger partial charge in [0.2, 0.25) is 5.91 Å². The molecule has 1 aliphatic rings. The van der Waals surface area contributed by atoms with Gasteiger partial charge in [-0.15, -0.1) is 0 Å². The molecule has 1 aliphatic heterocycles. The number of amides is 1. The predicted octanol–water partition coefficient (Wildman–Crippen LogP) is 2.31. The van der Waals surface area contributed by atoms with Crippen LogP contribution in [0.25, 0.3) is 0 Å². The van der Waals surface area contributed by atoms with Gasteiger partial charge in [0.15, 0.2) is 0 Å². The normalized spacial score (nSPS) is 16.8. The lowest BCUT2D eigenvalue weighted by Crippen LogP contribution is -2.41. The molecule has 1 N–H and O–H groups in total. The van der Waals surface area contributed by atoms with Crippen molar-refractivity contribution in [2.24, 2.45) is 0 Å². The molecular weight excluding hydrogens is 296 g/mol. The summed E-state index contributed by atoms with van der Waals surface area (Å²) in [4.78, 5) is 16.4. The van der Waals surface area contributed by atoms with Crippen molar-refractivity contribution in [2.45, 2.75) is 25.3 Å². The number of piperidine rings is 1. The molecule has 0 aliphatic carbocycles. The quantitative estimate of drug-likeness (QED) is 0.920. The molecule has 0 aromatic carbocycles. The number of thiophene rings is 1. The molecule has 1 fully saturated rings. The maximum atomic E-state index is 12.3. The Hall–Kier alpha value is -1.66. The second-order valence-corrected chi connectivity index (χ2v) is 6.72. The summed E-state index contributed by atoms with van der Waals surface area (Å²) >= 11 is 1.67. The predicted molar refractivity (Wildman–Crippen MR) is 87.8 cm³/mol. The van der Waals surface area contributed by atoms with E-state index in [1.165, 1.54) is 11.3 Å². The van der Waals surface area contributed by atoms with Crippen LogP contribution in [0, 0.1) is 0 Å². The maximum absolute atomic E-state index is 12.3. The van der Waals surface area contributed by atoms with Crippen molar-refractivity contribution in [3.05, 3.63) is 40.3 Å². The van der Waals surface area contributed by atoms with Gasteiger partial charge in [-0.25, -0.2) is 0 Å². The smallest absolute Gasteiger partial charge is 0.236 e. The average molecular weight is 318 g/mol. The third-order valence-corrected chi connectivity index (χ3v) is 5.07. The van der Waals surface area contributed by atoms with Crippen LogP contribution < -0.4 is 0 Å². The van der Waals surface area contributed by atoms with Crippen LogP contribution in [0.2, 0.25) is 0 Å². The van der Waals surface area contributed by atoms with Crippen molar-refractivity contribution >= 4 is 17.2 Å². The van der Waals surface area contributed by atoms with Gasteiger partial charge in [-0.3, -0.25) is 14.8 Å². The monoisotopic (exact) mass is 318 g/mol. The van der Waals surface area contributed by atoms with Crippen LogP contribution in [0.5, 0.6) is 0 Å². The number of H-pyrrole nitrogens is 1. The van der Waals surface area contributed by atoms with Gasteiger partial charge in [0.1, 0.15) is 0 Å². The lowest BCUT2D eigenvalue weighted by Gasteiger charge is -2.32. The summed E-state index contributed by atoms with van der Waals surface area (Å²) < 4.78 is 0. The number of nitrogens with one attached hydrogen (secondary N) is 1. The molecule has 0 unspecified atom stereocenters. The van der Waals surface area contributed by atoms with E-state index < -0.39 is 0 Å². The average Bonchev–Trinajstić information content (AvgIpc) is 3.21. The third kappa shape index (κ3) is 3.75. The van der Waals surface area contributed by atoms with E-state index in [-0.39, 0.29) is 5.91 Å². The molecule has 3 rings (SSSR count). The first-order chi connectivity index (χ1) is 10.7. The number of likely N-dealkylation sites (N-methyl/N-ethyl adjacent to an activating group) is 1. The van der Waals surface area contributed by atoms with Crippen LogP contribution in [0.15, 0.2) is 29.1 Å². The second kappa shape index (κ2) is 7.07. The highest BCUT2D eigenvalue weighted by atomic mass is 32.1. The van der Waals surface area contributed by atoms with Crippen LogP contribution in [0.3, 0.4) is 0 Å². The summed E-state index contributed by atoms with van der Waals surface area (Å²) in [5.74, 6) is 0.753. The molecule has 0 bridgehead atoms. The lowest BCUT2D eigenvalue weighted by atomic mass is 9.94. The first-order valence-corrected chi connectivity index (χ1v) is 8.63. The molecule has 2 aromatic rings.